The minimum atomic E-state index is -0.172. The van der Waals surface area contributed by atoms with Crippen LogP contribution >= 0.6 is 15.9 Å². The molecule has 1 aromatic carbocycles. The standard InChI is InChI=1S/C15H21BrN2O/c1-11-7-9-18(10-8-11)15(19)12(2)17-14-5-3-13(16)4-6-14/h3-6,11-12,17H,7-10H2,1-2H3. The summed E-state index contributed by atoms with van der Waals surface area (Å²) in [7, 11) is 0. The normalized spacial score (nSPS) is 18.2. The van der Waals surface area contributed by atoms with Crippen molar-refractivity contribution >= 4 is 27.5 Å². The number of rotatable bonds is 3. The van der Waals surface area contributed by atoms with Crippen LogP contribution in [0.2, 0.25) is 0 Å². The summed E-state index contributed by atoms with van der Waals surface area (Å²) in [6.45, 7) is 5.98. The van der Waals surface area contributed by atoms with Crippen molar-refractivity contribution in [2.75, 3.05) is 18.4 Å². The Morgan fingerprint density at radius 2 is 1.89 bits per heavy atom. The topological polar surface area (TPSA) is 32.3 Å². The second-order valence-electron chi connectivity index (χ2n) is 5.38. The van der Waals surface area contributed by atoms with Crippen molar-refractivity contribution in [3.63, 3.8) is 0 Å². The van der Waals surface area contributed by atoms with Crippen molar-refractivity contribution in [3.8, 4) is 0 Å². The lowest BCUT2D eigenvalue weighted by Crippen LogP contribution is -2.45. The number of amides is 1. The monoisotopic (exact) mass is 324 g/mol. The van der Waals surface area contributed by atoms with Gasteiger partial charge in [0.15, 0.2) is 0 Å². The van der Waals surface area contributed by atoms with Gasteiger partial charge in [-0.1, -0.05) is 22.9 Å². The molecule has 0 spiro atoms. The number of halogens is 1. The molecule has 1 unspecified atom stereocenters. The molecule has 0 aromatic heterocycles. The summed E-state index contributed by atoms with van der Waals surface area (Å²) in [5.74, 6) is 0.952. The predicted octanol–water partition coefficient (Wildman–Crippen LogP) is 3.51. The quantitative estimate of drug-likeness (QED) is 0.922. The SMILES string of the molecule is CC1CCN(C(=O)C(C)Nc2ccc(Br)cc2)CC1. The molecule has 1 aliphatic heterocycles. The van der Waals surface area contributed by atoms with E-state index >= 15 is 0 Å². The van der Waals surface area contributed by atoms with E-state index in [4.69, 9.17) is 0 Å². The first-order valence-corrected chi connectivity index (χ1v) is 7.66. The first kappa shape index (κ1) is 14.4. The van der Waals surface area contributed by atoms with Crippen LogP contribution < -0.4 is 5.32 Å². The van der Waals surface area contributed by atoms with E-state index in [1.807, 2.05) is 36.1 Å². The highest BCUT2D eigenvalue weighted by Crippen LogP contribution is 2.18. The smallest absolute Gasteiger partial charge is 0.244 e. The summed E-state index contributed by atoms with van der Waals surface area (Å²) in [6, 6.07) is 7.73. The fourth-order valence-corrected chi connectivity index (χ4v) is 2.63. The molecule has 19 heavy (non-hydrogen) atoms. The van der Waals surface area contributed by atoms with Crippen molar-refractivity contribution in [2.45, 2.75) is 32.7 Å². The van der Waals surface area contributed by atoms with E-state index in [-0.39, 0.29) is 11.9 Å². The molecule has 1 saturated heterocycles. The summed E-state index contributed by atoms with van der Waals surface area (Å²) >= 11 is 3.41. The van der Waals surface area contributed by atoms with Crippen molar-refractivity contribution in [2.24, 2.45) is 5.92 Å². The minimum absolute atomic E-state index is 0.172. The number of hydrogen-bond donors (Lipinski definition) is 1. The largest absolute Gasteiger partial charge is 0.374 e. The highest BCUT2D eigenvalue weighted by Gasteiger charge is 2.24. The van der Waals surface area contributed by atoms with Gasteiger partial charge in [-0.25, -0.2) is 0 Å². The van der Waals surface area contributed by atoms with Crippen LogP contribution in [0.25, 0.3) is 0 Å². The Hall–Kier alpha value is -1.03. The summed E-state index contributed by atoms with van der Waals surface area (Å²) in [5.41, 5.74) is 0.981. The number of carbonyl (C=O) groups excluding carboxylic acids is 1. The predicted molar refractivity (Wildman–Crippen MR) is 82.2 cm³/mol. The van der Waals surface area contributed by atoms with Crippen molar-refractivity contribution in [1.82, 2.24) is 4.90 Å². The zero-order chi connectivity index (χ0) is 13.8. The van der Waals surface area contributed by atoms with Gasteiger partial charge in [-0.15, -0.1) is 0 Å². The van der Waals surface area contributed by atoms with E-state index in [0.29, 0.717) is 0 Å². The molecule has 0 aliphatic carbocycles. The number of hydrogen-bond acceptors (Lipinski definition) is 2. The molecule has 1 amide bonds. The Bertz CT molecular complexity index is 424. The van der Waals surface area contributed by atoms with Crippen LogP contribution in [0.4, 0.5) is 5.69 Å². The first-order valence-electron chi connectivity index (χ1n) is 6.87. The lowest BCUT2D eigenvalue weighted by molar-refractivity contribution is -0.132. The summed E-state index contributed by atoms with van der Waals surface area (Å²) < 4.78 is 1.04. The average molecular weight is 325 g/mol. The molecule has 0 bridgehead atoms. The zero-order valence-electron chi connectivity index (χ0n) is 11.5. The highest BCUT2D eigenvalue weighted by molar-refractivity contribution is 9.10. The molecule has 2 rings (SSSR count). The third-order valence-corrected chi connectivity index (χ3v) is 4.22. The van der Waals surface area contributed by atoms with Gasteiger partial charge in [0.1, 0.15) is 6.04 Å². The lowest BCUT2D eigenvalue weighted by Gasteiger charge is -2.32. The number of nitrogens with zero attached hydrogens (tertiary/aromatic N) is 1. The van der Waals surface area contributed by atoms with Gasteiger partial charge >= 0.3 is 0 Å². The Balaban J connectivity index is 1.90. The molecule has 1 fully saturated rings. The molecule has 0 saturated carbocycles. The molecule has 1 N–H and O–H groups in total. The average Bonchev–Trinajstić information content (AvgIpc) is 2.41. The van der Waals surface area contributed by atoms with Crippen molar-refractivity contribution in [1.29, 1.82) is 0 Å². The fourth-order valence-electron chi connectivity index (χ4n) is 2.36. The molecule has 3 nitrogen and oxygen atoms in total. The molecular formula is C15H21BrN2O. The minimum Gasteiger partial charge on any atom is -0.374 e. The van der Waals surface area contributed by atoms with E-state index in [0.717, 1.165) is 42.0 Å². The molecule has 1 heterocycles. The molecule has 4 heteroatoms. The van der Waals surface area contributed by atoms with Crippen LogP contribution in [0, 0.1) is 5.92 Å². The van der Waals surface area contributed by atoms with E-state index in [2.05, 4.69) is 28.2 Å². The maximum absolute atomic E-state index is 12.3. The second-order valence-corrected chi connectivity index (χ2v) is 6.30. The first-order chi connectivity index (χ1) is 9.06. The Morgan fingerprint density at radius 1 is 1.32 bits per heavy atom. The molecule has 1 atom stereocenters. The van der Waals surface area contributed by atoms with E-state index in [1.54, 1.807) is 0 Å². The lowest BCUT2D eigenvalue weighted by atomic mass is 9.99. The van der Waals surface area contributed by atoms with Gasteiger partial charge in [0.05, 0.1) is 0 Å². The van der Waals surface area contributed by atoms with Crippen molar-refractivity contribution in [3.05, 3.63) is 28.7 Å². The Kier molecular flexibility index (Phi) is 4.86. The van der Waals surface area contributed by atoms with Gasteiger partial charge < -0.3 is 10.2 Å². The molecule has 1 aliphatic rings. The van der Waals surface area contributed by atoms with Crippen LogP contribution in [0.1, 0.15) is 26.7 Å². The summed E-state index contributed by atoms with van der Waals surface area (Å²) in [6.07, 6.45) is 2.24. The second kappa shape index (κ2) is 6.42. The molecule has 0 radical (unpaired) electrons. The van der Waals surface area contributed by atoms with E-state index in [9.17, 15) is 4.79 Å². The summed E-state index contributed by atoms with van der Waals surface area (Å²) in [4.78, 5) is 14.3. The van der Waals surface area contributed by atoms with Gasteiger partial charge in [-0.3, -0.25) is 4.79 Å². The highest BCUT2D eigenvalue weighted by atomic mass is 79.9. The fraction of sp³-hybridized carbons (Fsp3) is 0.533. The van der Waals surface area contributed by atoms with Gasteiger partial charge in [0.25, 0.3) is 0 Å². The van der Waals surface area contributed by atoms with Crippen LogP contribution in [0.15, 0.2) is 28.7 Å². The van der Waals surface area contributed by atoms with Crippen molar-refractivity contribution < 1.29 is 4.79 Å². The van der Waals surface area contributed by atoms with Crippen LogP contribution in [0.5, 0.6) is 0 Å². The van der Waals surface area contributed by atoms with Gasteiger partial charge in [0, 0.05) is 23.2 Å². The number of anilines is 1. The Labute approximate surface area is 123 Å². The van der Waals surface area contributed by atoms with Crippen LogP contribution in [-0.4, -0.2) is 29.9 Å². The van der Waals surface area contributed by atoms with E-state index in [1.165, 1.54) is 0 Å². The van der Waals surface area contributed by atoms with Crippen LogP contribution in [0.3, 0.4) is 0 Å². The number of benzene rings is 1. The van der Waals surface area contributed by atoms with E-state index < -0.39 is 0 Å². The zero-order valence-corrected chi connectivity index (χ0v) is 13.1. The maximum Gasteiger partial charge on any atom is 0.244 e. The van der Waals surface area contributed by atoms with Gasteiger partial charge in [-0.05, 0) is 49.9 Å². The maximum atomic E-state index is 12.3. The molecular weight excluding hydrogens is 304 g/mol. The van der Waals surface area contributed by atoms with Gasteiger partial charge in [-0.2, -0.15) is 0 Å². The number of piperidine rings is 1. The third-order valence-electron chi connectivity index (χ3n) is 3.69. The molecule has 1 aromatic rings. The number of carbonyl (C=O) groups is 1. The Morgan fingerprint density at radius 3 is 2.47 bits per heavy atom. The number of nitrogens with one attached hydrogen (secondary N) is 1. The van der Waals surface area contributed by atoms with Gasteiger partial charge in [0.2, 0.25) is 5.91 Å². The third kappa shape index (κ3) is 3.96. The van der Waals surface area contributed by atoms with Crippen LogP contribution in [-0.2, 0) is 4.79 Å². The number of likely N-dealkylation sites (tertiary alicyclic amines) is 1. The molecule has 104 valence electrons. The summed E-state index contributed by atoms with van der Waals surface area (Å²) in [5, 5.41) is 3.27.